The number of aryl methyl sites for hydroxylation is 1. The van der Waals surface area contributed by atoms with E-state index in [0.29, 0.717) is 21.8 Å². The summed E-state index contributed by atoms with van der Waals surface area (Å²) in [7, 11) is 0. The molecule has 0 radical (unpaired) electrons. The quantitative estimate of drug-likeness (QED) is 0.443. The zero-order valence-corrected chi connectivity index (χ0v) is 15.2. The maximum atomic E-state index is 12.4. The molecule has 0 spiro atoms. The Morgan fingerprint density at radius 3 is 2.63 bits per heavy atom. The predicted octanol–water partition coefficient (Wildman–Crippen LogP) is 4.97. The van der Waals surface area contributed by atoms with Crippen LogP contribution in [-0.4, -0.2) is 11.0 Å². The van der Waals surface area contributed by atoms with Gasteiger partial charge in [0.15, 0.2) is 0 Å². The molecule has 0 saturated carbocycles. The highest BCUT2D eigenvalue weighted by Crippen LogP contribution is 2.30. The van der Waals surface area contributed by atoms with E-state index in [1.165, 1.54) is 6.20 Å². The van der Waals surface area contributed by atoms with Crippen LogP contribution in [0.5, 0.6) is 5.75 Å². The maximum absolute atomic E-state index is 12.4. The number of fused-ring (bicyclic) bond motifs is 1. The number of aromatic hydroxyl groups is 1. The molecule has 0 aliphatic rings. The van der Waals surface area contributed by atoms with E-state index in [-0.39, 0.29) is 11.3 Å². The molecule has 0 atom stereocenters. The number of phenolic OH excluding ortho intramolecular Hbond substituents is 1. The molecular formula is C21H16ClN3O2. The Hall–Kier alpha value is -3.49. The minimum atomic E-state index is -0.548. The van der Waals surface area contributed by atoms with Crippen molar-refractivity contribution >= 4 is 39.7 Å². The number of rotatable bonds is 4. The van der Waals surface area contributed by atoms with Crippen LogP contribution in [0.3, 0.4) is 0 Å². The highest BCUT2D eigenvalue weighted by atomic mass is 35.5. The van der Waals surface area contributed by atoms with Gasteiger partial charge < -0.3 is 15.7 Å². The molecule has 0 heterocycles. The molecule has 134 valence electrons. The number of hydrogen-bond donors (Lipinski definition) is 3. The molecule has 3 rings (SSSR count). The third-order valence-electron chi connectivity index (χ3n) is 4.07. The van der Waals surface area contributed by atoms with Crippen molar-refractivity contribution in [3.8, 4) is 11.8 Å². The van der Waals surface area contributed by atoms with Crippen molar-refractivity contribution in [3.05, 3.63) is 77.0 Å². The molecule has 0 saturated heterocycles. The summed E-state index contributed by atoms with van der Waals surface area (Å²) in [5.41, 5.74) is 1.98. The third kappa shape index (κ3) is 4.02. The van der Waals surface area contributed by atoms with Crippen LogP contribution in [0.2, 0.25) is 5.02 Å². The molecule has 1 amide bonds. The maximum Gasteiger partial charge on any atom is 0.267 e. The van der Waals surface area contributed by atoms with Crippen molar-refractivity contribution in [1.82, 2.24) is 0 Å². The number of amides is 1. The Balaban J connectivity index is 1.83. The molecule has 5 nitrogen and oxygen atoms in total. The lowest BCUT2D eigenvalue weighted by Crippen LogP contribution is -2.14. The summed E-state index contributed by atoms with van der Waals surface area (Å²) < 4.78 is 0. The lowest BCUT2D eigenvalue weighted by molar-refractivity contribution is -0.112. The Bertz CT molecular complexity index is 1100. The van der Waals surface area contributed by atoms with Gasteiger partial charge in [-0.1, -0.05) is 41.9 Å². The number of carbonyl (C=O) groups is 1. The molecule has 6 heteroatoms. The second-order valence-corrected chi connectivity index (χ2v) is 6.32. The Morgan fingerprint density at radius 2 is 1.89 bits per heavy atom. The largest absolute Gasteiger partial charge is 0.507 e. The predicted molar refractivity (Wildman–Crippen MR) is 108 cm³/mol. The van der Waals surface area contributed by atoms with Crippen LogP contribution >= 0.6 is 11.6 Å². The van der Waals surface area contributed by atoms with E-state index < -0.39 is 5.91 Å². The Labute approximate surface area is 161 Å². The fourth-order valence-electron chi connectivity index (χ4n) is 2.59. The molecule has 0 unspecified atom stereocenters. The minimum absolute atomic E-state index is 0.0937. The lowest BCUT2D eigenvalue weighted by Gasteiger charge is -2.09. The number of nitrogens with zero attached hydrogens (tertiary/aromatic N) is 1. The Kier molecular flexibility index (Phi) is 5.30. The van der Waals surface area contributed by atoms with Gasteiger partial charge in [-0.25, -0.2) is 0 Å². The summed E-state index contributed by atoms with van der Waals surface area (Å²) in [6.45, 7) is 1.86. The van der Waals surface area contributed by atoms with Crippen LogP contribution in [0.4, 0.5) is 11.4 Å². The van der Waals surface area contributed by atoms with Crippen molar-refractivity contribution in [1.29, 1.82) is 5.26 Å². The van der Waals surface area contributed by atoms with E-state index in [1.54, 1.807) is 48.5 Å². The summed E-state index contributed by atoms with van der Waals surface area (Å²) >= 11 is 6.06. The third-order valence-corrected chi connectivity index (χ3v) is 4.47. The summed E-state index contributed by atoms with van der Waals surface area (Å²) in [4.78, 5) is 12.4. The summed E-state index contributed by atoms with van der Waals surface area (Å²) in [5.74, 6) is -0.386. The fourth-order valence-corrected chi connectivity index (χ4v) is 2.77. The fraction of sp³-hybridized carbons (Fsp3) is 0.0476. The first-order chi connectivity index (χ1) is 13.0. The molecule has 0 fully saturated rings. The van der Waals surface area contributed by atoms with E-state index in [9.17, 15) is 15.2 Å². The van der Waals surface area contributed by atoms with E-state index in [2.05, 4.69) is 10.6 Å². The van der Waals surface area contributed by atoms with Crippen molar-refractivity contribution < 1.29 is 9.90 Å². The van der Waals surface area contributed by atoms with Crippen LogP contribution in [0.1, 0.15) is 5.56 Å². The van der Waals surface area contributed by atoms with E-state index in [1.807, 2.05) is 19.1 Å². The van der Waals surface area contributed by atoms with Crippen molar-refractivity contribution in [2.24, 2.45) is 0 Å². The van der Waals surface area contributed by atoms with Gasteiger partial charge in [0.05, 0.1) is 0 Å². The van der Waals surface area contributed by atoms with Crippen LogP contribution in [0.25, 0.3) is 10.8 Å². The van der Waals surface area contributed by atoms with E-state index in [4.69, 9.17) is 11.6 Å². The number of nitrogens with one attached hydrogen (secondary N) is 2. The molecule has 0 aromatic heterocycles. The van der Waals surface area contributed by atoms with Gasteiger partial charge in [-0.05, 0) is 36.8 Å². The standard InChI is InChI=1S/C21H16ClN3O2/c1-13-8-9-15(10-18(13)22)25-21(27)14(11-23)12-24-19-6-2-5-17-16(19)4-3-7-20(17)26/h2-10,12,24,26H,1H3,(H,25,27)/b14-12-. The monoisotopic (exact) mass is 377 g/mol. The molecule has 27 heavy (non-hydrogen) atoms. The average Bonchev–Trinajstić information content (AvgIpc) is 2.66. The molecule has 3 N–H and O–H groups in total. The molecule has 3 aromatic carbocycles. The van der Waals surface area contributed by atoms with Crippen molar-refractivity contribution in [3.63, 3.8) is 0 Å². The normalized spacial score (nSPS) is 11.1. The van der Waals surface area contributed by atoms with Crippen molar-refractivity contribution in [2.45, 2.75) is 6.92 Å². The summed E-state index contributed by atoms with van der Waals surface area (Å²) in [6.07, 6.45) is 1.34. The zero-order chi connectivity index (χ0) is 19.4. The smallest absolute Gasteiger partial charge is 0.267 e. The minimum Gasteiger partial charge on any atom is -0.507 e. The van der Waals surface area contributed by atoms with Gasteiger partial charge in [0.1, 0.15) is 17.4 Å². The van der Waals surface area contributed by atoms with E-state index in [0.717, 1.165) is 10.9 Å². The van der Waals surface area contributed by atoms with Crippen LogP contribution in [0.15, 0.2) is 66.4 Å². The van der Waals surface area contributed by atoms with Gasteiger partial charge in [0.2, 0.25) is 0 Å². The highest BCUT2D eigenvalue weighted by molar-refractivity contribution is 6.31. The number of benzene rings is 3. The SMILES string of the molecule is Cc1ccc(NC(=O)/C(C#N)=C\Nc2cccc3c(O)cccc23)cc1Cl. The zero-order valence-electron chi connectivity index (χ0n) is 14.5. The summed E-state index contributed by atoms with van der Waals surface area (Å²) in [6, 6.07) is 17.5. The number of nitriles is 1. The second kappa shape index (κ2) is 7.81. The summed E-state index contributed by atoms with van der Waals surface area (Å²) in [5, 5.41) is 26.9. The molecule has 0 aliphatic heterocycles. The first-order valence-corrected chi connectivity index (χ1v) is 8.52. The molecule has 0 bridgehead atoms. The van der Waals surface area contributed by atoms with Gasteiger partial charge in [0.25, 0.3) is 5.91 Å². The topological polar surface area (TPSA) is 85.2 Å². The molecule has 3 aromatic rings. The van der Waals surface area contributed by atoms with Gasteiger partial charge in [-0.3, -0.25) is 4.79 Å². The number of phenols is 1. The number of halogens is 1. The first-order valence-electron chi connectivity index (χ1n) is 8.14. The van der Waals surface area contributed by atoms with Gasteiger partial charge in [0, 0.05) is 33.4 Å². The number of anilines is 2. The van der Waals surface area contributed by atoms with Gasteiger partial charge in [-0.2, -0.15) is 5.26 Å². The number of hydrogen-bond acceptors (Lipinski definition) is 4. The van der Waals surface area contributed by atoms with Crippen molar-refractivity contribution in [2.75, 3.05) is 10.6 Å². The number of carbonyl (C=O) groups excluding carboxylic acids is 1. The Morgan fingerprint density at radius 1 is 1.15 bits per heavy atom. The van der Waals surface area contributed by atoms with Crippen LogP contribution < -0.4 is 10.6 Å². The molecule has 0 aliphatic carbocycles. The van der Waals surface area contributed by atoms with Crippen LogP contribution in [0, 0.1) is 18.3 Å². The first kappa shape index (κ1) is 18.3. The second-order valence-electron chi connectivity index (χ2n) is 5.91. The highest BCUT2D eigenvalue weighted by Gasteiger charge is 2.11. The van der Waals surface area contributed by atoms with Gasteiger partial charge in [-0.15, -0.1) is 0 Å². The van der Waals surface area contributed by atoms with Crippen LogP contribution in [-0.2, 0) is 4.79 Å². The lowest BCUT2D eigenvalue weighted by atomic mass is 10.1. The van der Waals surface area contributed by atoms with Gasteiger partial charge >= 0.3 is 0 Å². The van der Waals surface area contributed by atoms with E-state index >= 15 is 0 Å². The molecular weight excluding hydrogens is 362 g/mol. The average molecular weight is 378 g/mol.